The van der Waals surface area contributed by atoms with Crippen molar-refractivity contribution in [2.45, 2.75) is 38.5 Å². The van der Waals surface area contributed by atoms with Gasteiger partial charge in [-0.15, -0.1) is 0 Å². The monoisotopic (exact) mass is 358 g/mol. The molecule has 0 heterocycles. The molecular weight excluding hydrogens is 327 g/mol. The molecule has 0 aliphatic rings. The van der Waals surface area contributed by atoms with E-state index in [1.807, 2.05) is 36.4 Å². The van der Waals surface area contributed by atoms with Crippen LogP contribution in [0.2, 0.25) is 0 Å². The second kappa shape index (κ2) is 12.6. The predicted molar refractivity (Wildman–Crippen MR) is 106 cm³/mol. The predicted octanol–water partition coefficient (Wildman–Crippen LogP) is 4.17. The van der Waals surface area contributed by atoms with E-state index in [1.165, 1.54) is 11.1 Å². The average molecular weight is 359 g/mol. The summed E-state index contributed by atoms with van der Waals surface area (Å²) in [4.78, 5) is 2.15. The molecular formula is C22H31FN2O. The summed E-state index contributed by atoms with van der Waals surface area (Å²) < 4.78 is 19.9. The SMILES string of the molecule is NCCCCCOCC(F)CN(Cc1ccccc1)Cc1ccccc1. The summed E-state index contributed by atoms with van der Waals surface area (Å²) >= 11 is 0. The number of alkyl halides is 1. The van der Waals surface area contributed by atoms with Gasteiger partial charge < -0.3 is 10.5 Å². The van der Waals surface area contributed by atoms with Gasteiger partial charge >= 0.3 is 0 Å². The molecule has 1 atom stereocenters. The fraction of sp³-hybridized carbons (Fsp3) is 0.455. The smallest absolute Gasteiger partial charge is 0.136 e. The minimum Gasteiger partial charge on any atom is -0.378 e. The number of unbranched alkanes of at least 4 members (excludes halogenated alkanes) is 2. The van der Waals surface area contributed by atoms with Crippen molar-refractivity contribution in [3.63, 3.8) is 0 Å². The van der Waals surface area contributed by atoms with Gasteiger partial charge in [-0.05, 0) is 36.9 Å². The molecule has 0 fully saturated rings. The highest BCUT2D eigenvalue weighted by atomic mass is 19.1. The van der Waals surface area contributed by atoms with E-state index in [1.54, 1.807) is 0 Å². The molecule has 0 saturated carbocycles. The van der Waals surface area contributed by atoms with Crippen molar-refractivity contribution in [2.24, 2.45) is 5.73 Å². The minimum atomic E-state index is -0.989. The molecule has 0 amide bonds. The first kappa shape index (κ1) is 20.6. The zero-order chi connectivity index (χ0) is 18.5. The largest absolute Gasteiger partial charge is 0.378 e. The van der Waals surface area contributed by atoms with Gasteiger partial charge in [-0.3, -0.25) is 4.90 Å². The van der Waals surface area contributed by atoms with E-state index >= 15 is 0 Å². The molecule has 0 bridgehead atoms. The van der Waals surface area contributed by atoms with Gasteiger partial charge in [0.05, 0.1) is 6.61 Å². The van der Waals surface area contributed by atoms with Crippen LogP contribution >= 0.6 is 0 Å². The summed E-state index contributed by atoms with van der Waals surface area (Å²) in [6, 6.07) is 20.4. The summed E-state index contributed by atoms with van der Waals surface area (Å²) in [5, 5.41) is 0. The Kier molecular flexibility index (Phi) is 9.95. The Morgan fingerprint density at radius 3 is 1.96 bits per heavy atom. The number of ether oxygens (including phenoxy) is 1. The van der Waals surface area contributed by atoms with Gasteiger partial charge in [0.1, 0.15) is 6.17 Å². The second-order valence-electron chi connectivity index (χ2n) is 6.66. The topological polar surface area (TPSA) is 38.5 Å². The summed E-state index contributed by atoms with van der Waals surface area (Å²) in [6.07, 6.45) is 2.00. The lowest BCUT2D eigenvalue weighted by Crippen LogP contribution is -2.32. The van der Waals surface area contributed by atoms with Gasteiger partial charge in [0, 0.05) is 26.2 Å². The lowest BCUT2D eigenvalue weighted by molar-refractivity contribution is 0.0562. The molecule has 0 aliphatic heterocycles. The van der Waals surface area contributed by atoms with Gasteiger partial charge in [-0.1, -0.05) is 60.7 Å². The van der Waals surface area contributed by atoms with Crippen molar-refractivity contribution in [1.82, 2.24) is 4.90 Å². The number of hydrogen-bond donors (Lipinski definition) is 1. The van der Waals surface area contributed by atoms with Crippen LogP contribution in [0.1, 0.15) is 30.4 Å². The van der Waals surface area contributed by atoms with Crippen LogP contribution in [0.5, 0.6) is 0 Å². The highest BCUT2D eigenvalue weighted by Gasteiger charge is 2.14. The Morgan fingerprint density at radius 2 is 1.42 bits per heavy atom. The number of benzene rings is 2. The van der Waals surface area contributed by atoms with Crippen molar-refractivity contribution in [3.05, 3.63) is 71.8 Å². The van der Waals surface area contributed by atoms with E-state index in [0.29, 0.717) is 19.7 Å². The Bertz CT molecular complexity index is 538. The number of nitrogens with two attached hydrogens (primary N) is 1. The molecule has 2 aromatic carbocycles. The van der Waals surface area contributed by atoms with E-state index in [-0.39, 0.29) is 6.61 Å². The summed E-state index contributed by atoms with van der Waals surface area (Å²) in [7, 11) is 0. The van der Waals surface area contributed by atoms with E-state index in [0.717, 1.165) is 32.4 Å². The molecule has 2 N–H and O–H groups in total. The molecule has 1 unspecified atom stereocenters. The van der Waals surface area contributed by atoms with E-state index in [2.05, 4.69) is 29.2 Å². The Hall–Kier alpha value is -1.75. The van der Waals surface area contributed by atoms with Crippen LogP contribution in [-0.4, -0.2) is 37.4 Å². The van der Waals surface area contributed by atoms with Crippen LogP contribution in [0, 0.1) is 0 Å². The molecule has 142 valence electrons. The Labute approximate surface area is 157 Å². The first-order valence-corrected chi connectivity index (χ1v) is 9.50. The molecule has 2 rings (SSSR count). The van der Waals surface area contributed by atoms with Crippen LogP contribution < -0.4 is 5.73 Å². The van der Waals surface area contributed by atoms with Crippen molar-refractivity contribution in [3.8, 4) is 0 Å². The van der Waals surface area contributed by atoms with Crippen molar-refractivity contribution >= 4 is 0 Å². The van der Waals surface area contributed by atoms with Crippen molar-refractivity contribution in [2.75, 3.05) is 26.3 Å². The van der Waals surface area contributed by atoms with Crippen LogP contribution in [-0.2, 0) is 17.8 Å². The zero-order valence-corrected chi connectivity index (χ0v) is 15.5. The fourth-order valence-corrected chi connectivity index (χ4v) is 2.94. The molecule has 0 saturated heterocycles. The highest BCUT2D eigenvalue weighted by molar-refractivity contribution is 5.17. The van der Waals surface area contributed by atoms with Gasteiger partial charge in [-0.25, -0.2) is 4.39 Å². The summed E-state index contributed by atoms with van der Waals surface area (Å²) in [5.41, 5.74) is 7.85. The van der Waals surface area contributed by atoms with Gasteiger partial charge in [0.25, 0.3) is 0 Å². The Morgan fingerprint density at radius 1 is 0.846 bits per heavy atom. The molecule has 26 heavy (non-hydrogen) atoms. The Balaban J connectivity index is 1.82. The third kappa shape index (κ3) is 8.56. The minimum absolute atomic E-state index is 0.155. The summed E-state index contributed by atoms with van der Waals surface area (Å²) in [5.74, 6) is 0. The van der Waals surface area contributed by atoms with E-state index in [9.17, 15) is 4.39 Å². The van der Waals surface area contributed by atoms with Crippen LogP contribution in [0.3, 0.4) is 0 Å². The normalized spacial score (nSPS) is 12.4. The number of hydrogen-bond acceptors (Lipinski definition) is 3. The second-order valence-corrected chi connectivity index (χ2v) is 6.66. The third-order valence-electron chi connectivity index (χ3n) is 4.25. The molecule has 0 spiro atoms. The lowest BCUT2D eigenvalue weighted by Gasteiger charge is -2.24. The quantitative estimate of drug-likeness (QED) is 0.546. The number of nitrogens with zero attached hydrogens (tertiary/aromatic N) is 1. The van der Waals surface area contributed by atoms with E-state index in [4.69, 9.17) is 10.5 Å². The average Bonchev–Trinajstić information content (AvgIpc) is 2.66. The maximum atomic E-state index is 14.4. The molecule has 0 aliphatic carbocycles. The molecule has 0 aromatic heterocycles. The zero-order valence-electron chi connectivity index (χ0n) is 15.5. The van der Waals surface area contributed by atoms with Gasteiger partial charge in [-0.2, -0.15) is 0 Å². The number of halogens is 1. The molecule has 2 aromatic rings. The fourth-order valence-electron chi connectivity index (χ4n) is 2.94. The maximum Gasteiger partial charge on any atom is 0.136 e. The number of rotatable bonds is 13. The van der Waals surface area contributed by atoms with E-state index < -0.39 is 6.17 Å². The molecule has 3 nitrogen and oxygen atoms in total. The third-order valence-corrected chi connectivity index (χ3v) is 4.25. The van der Waals surface area contributed by atoms with Gasteiger partial charge in [0.2, 0.25) is 0 Å². The van der Waals surface area contributed by atoms with Gasteiger partial charge in [0.15, 0.2) is 0 Å². The summed E-state index contributed by atoms with van der Waals surface area (Å²) in [6.45, 7) is 3.30. The van der Waals surface area contributed by atoms with Crippen molar-refractivity contribution in [1.29, 1.82) is 0 Å². The molecule has 0 radical (unpaired) electrons. The van der Waals surface area contributed by atoms with Crippen molar-refractivity contribution < 1.29 is 9.13 Å². The lowest BCUT2D eigenvalue weighted by atomic mass is 10.1. The first-order chi connectivity index (χ1) is 12.8. The molecule has 4 heteroatoms. The van der Waals surface area contributed by atoms with Crippen LogP contribution in [0.15, 0.2) is 60.7 Å². The highest BCUT2D eigenvalue weighted by Crippen LogP contribution is 2.12. The standard InChI is InChI=1S/C22H31FN2O/c23-22(19-26-15-9-3-8-14-24)18-25(16-20-10-4-1-5-11-20)17-21-12-6-2-7-13-21/h1-2,4-7,10-13,22H,3,8-9,14-19,24H2. The first-order valence-electron chi connectivity index (χ1n) is 9.50. The maximum absolute atomic E-state index is 14.4. The van der Waals surface area contributed by atoms with Crippen LogP contribution in [0.4, 0.5) is 4.39 Å². The van der Waals surface area contributed by atoms with Crippen LogP contribution in [0.25, 0.3) is 0 Å².